The molecule has 0 aliphatic heterocycles. The number of hydrogen-bond donors (Lipinski definition) is 6. The van der Waals surface area contributed by atoms with Crippen molar-refractivity contribution in [2.24, 2.45) is 0 Å². The SMILES string of the molecule is C.C.C.C.C.F.F.O=P(O)(O)O.O=P(O)(O)O. The summed E-state index contributed by atoms with van der Waals surface area (Å²) in [5, 5.41) is 0. The molecule has 0 atom stereocenters. The van der Waals surface area contributed by atoms with Gasteiger partial charge in [0.2, 0.25) is 0 Å². The standard InChI is InChI=1S/5CH4.2FH.2H3O4P/c;;;;;;;2*1-5(2,3)4/h5*1H4;2*1H;2*(H3,1,2,3,4). The average molecular weight is 316 g/mol. The molecule has 0 unspecified atom stereocenters. The van der Waals surface area contributed by atoms with E-state index in [-0.39, 0.29) is 46.5 Å². The van der Waals surface area contributed by atoms with Crippen LogP contribution in [0, 0.1) is 0 Å². The van der Waals surface area contributed by atoms with E-state index in [0.29, 0.717) is 0 Å². The zero-order chi connectivity index (χ0) is 9.00. The minimum Gasteiger partial charge on any atom is -0.303 e. The van der Waals surface area contributed by atoms with Crippen molar-refractivity contribution >= 4 is 15.6 Å². The van der Waals surface area contributed by atoms with Crippen LogP contribution in [0.2, 0.25) is 0 Å². The van der Waals surface area contributed by atoms with Crippen molar-refractivity contribution < 1.29 is 47.9 Å². The maximum atomic E-state index is 8.88. The summed E-state index contributed by atoms with van der Waals surface area (Å²) >= 11 is 0. The molecule has 0 saturated carbocycles. The molecule has 0 fully saturated rings. The van der Waals surface area contributed by atoms with Crippen LogP contribution in [0.3, 0.4) is 0 Å². The zero-order valence-corrected chi connectivity index (χ0v) is 7.00. The number of hydrogen-bond acceptors (Lipinski definition) is 2. The van der Waals surface area contributed by atoms with Gasteiger partial charge in [-0.25, -0.2) is 9.13 Å². The fraction of sp³-hybridized carbons (Fsp3) is 1.00. The number of rotatable bonds is 0. The monoisotopic (exact) mass is 316 g/mol. The van der Waals surface area contributed by atoms with Gasteiger partial charge in [0.1, 0.15) is 0 Å². The molecule has 0 saturated heterocycles. The van der Waals surface area contributed by atoms with Gasteiger partial charge in [-0.1, -0.05) is 37.1 Å². The molecule has 0 spiro atoms. The van der Waals surface area contributed by atoms with Crippen LogP contribution in [-0.2, 0) is 9.13 Å². The summed E-state index contributed by atoms with van der Waals surface area (Å²) in [6.45, 7) is 0. The number of phosphoric acid groups is 2. The Balaban J connectivity index is -0.00000000762. The molecule has 0 aromatic carbocycles. The highest BCUT2D eigenvalue weighted by Crippen LogP contribution is 2.26. The second-order valence-corrected chi connectivity index (χ2v) is 3.08. The maximum Gasteiger partial charge on any atom is 0.466 e. The van der Waals surface area contributed by atoms with Gasteiger partial charge >= 0.3 is 15.6 Å². The lowest BCUT2D eigenvalue weighted by Crippen LogP contribution is -1.66. The summed E-state index contributed by atoms with van der Waals surface area (Å²) in [4.78, 5) is 43.1. The number of halogens is 2. The normalized spacial score (nSPS) is 6.94. The Hall–Kier alpha value is 0.0800. The predicted molar refractivity (Wildman–Crippen MR) is 67.2 cm³/mol. The Bertz CT molecular complexity index is 142. The molecule has 0 rings (SSSR count). The molecule has 0 bridgehead atoms. The summed E-state index contributed by atoms with van der Waals surface area (Å²) in [6, 6.07) is 0. The van der Waals surface area contributed by atoms with Crippen LogP contribution in [0.25, 0.3) is 0 Å². The van der Waals surface area contributed by atoms with Gasteiger partial charge in [0, 0.05) is 0 Å². The summed E-state index contributed by atoms with van der Waals surface area (Å²) in [7, 11) is -9.28. The molecule has 8 nitrogen and oxygen atoms in total. The molecular formula is C5H28F2O8P2. The van der Waals surface area contributed by atoms with Gasteiger partial charge in [-0.15, -0.1) is 0 Å². The summed E-state index contributed by atoms with van der Waals surface area (Å²) in [6.07, 6.45) is 0. The van der Waals surface area contributed by atoms with E-state index in [1.807, 2.05) is 0 Å². The molecule has 17 heavy (non-hydrogen) atoms. The first-order chi connectivity index (χ1) is 4.00. The van der Waals surface area contributed by atoms with Crippen molar-refractivity contribution in [1.29, 1.82) is 0 Å². The second-order valence-electron chi connectivity index (χ2n) is 1.03. The first-order valence-corrected chi connectivity index (χ1v) is 4.70. The van der Waals surface area contributed by atoms with Crippen LogP contribution in [0.15, 0.2) is 0 Å². The van der Waals surface area contributed by atoms with Gasteiger partial charge in [0.25, 0.3) is 0 Å². The second kappa shape index (κ2) is 25.1. The van der Waals surface area contributed by atoms with Crippen LogP contribution in [0.4, 0.5) is 9.41 Å². The fourth-order valence-corrected chi connectivity index (χ4v) is 0. The van der Waals surface area contributed by atoms with E-state index in [1.165, 1.54) is 0 Å². The Labute approximate surface area is 102 Å². The Morgan fingerprint density at radius 3 is 0.471 bits per heavy atom. The largest absolute Gasteiger partial charge is 0.466 e. The van der Waals surface area contributed by atoms with Gasteiger partial charge < -0.3 is 29.4 Å². The van der Waals surface area contributed by atoms with Crippen molar-refractivity contribution in [3.63, 3.8) is 0 Å². The lowest BCUT2D eigenvalue weighted by Gasteiger charge is -1.82. The smallest absolute Gasteiger partial charge is 0.303 e. The highest BCUT2D eigenvalue weighted by Gasteiger charge is 2.00. The van der Waals surface area contributed by atoms with Crippen LogP contribution < -0.4 is 0 Å². The van der Waals surface area contributed by atoms with Crippen LogP contribution >= 0.6 is 15.6 Å². The van der Waals surface area contributed by atoms with Crippen molar-refractivity contribution in [2.75, 3.05) is 0 Å². The molecule has 0 heterocycles. The minimum atomic E-state index is -4.64. The third kappa shape index (κ3) is 498000. The molecular weight excluding hydrogens is 288 g/mol. The van der Waals surface area contributed by atoms with E-state index < -0.39 is 15.6 Å². The van der Waals surface area contributed by atoms with Crippen molar-refractivity contribution in [2.45, 2.75) is 37.1 Å². The first-order valence-electron chi connectivity index (χ1n) is 1.57. The van der Waals surface area contributed by atoms with Crippen LogP contribution in [0.1, 0.15) is 37.1 Å². The van der Waals surface area contributed by atoms with Crippen LogP contribution in [0.5, 0.6) is 0 Å². The molecule has 12 heteroatoms. The van der Waals surface area contributed by atoms with E-state index in [4.69, 9.17) is 38.5 Å². The molecule has 6 N–H and O–H groups in total. The minimum absolute atomic E-state index is 0. The molecule has 0 radical (unpaired) electrons. The third-order valence-corrected chi connectivity index (χ3v) is 0. The van der Waals surface area contributed by atoms with E-state index >= 15 is 0 Å². The Kier molecular flexibility index (Phi) is 99.7. The van der Waals surface area contributed by atoms with Gasteiger partial charge in [-0.3, -0.25) is 9.41 Å². The van der Waals surface area contributed by atoms with Gasteiger partial charge in [-0.2, -0.15) is 0 Å². The third-order valence-electron chi connectivity index (χ3n) is 0. The highest BCUT2D eigenvalue weighted by atomic mass is 31.2. The molecule has 0 aliphatic carbocycles. The summed E-state index contributed by atoms with van der Waals surface area (Å²) in [5.41, 5.74) is 0. The molecule has 120 valence electrons. The Morgan fingerprint density at radius 1 is 0.471 bits per heavy atom. The lowest BCUT2D eigenvalue weighted by atomic mass is 12.0. The van der Waals surface area contributed by atoms with Gasteiger partial charge in [0.05, 0.1) is 0 Å². The summed E-state index contributed by atoms with van der Waals surface area (Å²) < 4.78 is 17.8. The van der Waals surface area contributed by atoms with E-state index in [0.717, 1.165) is 0 Å². The molecule has 0 aromatic heterocycles. The fourth-order valence-electron chi connectivity index (χ4n) is 0. The average Bonchev–Trinajstić information content (AvgIpc) is 1.12. The topological polar surface area (TPSA) is 156 Å². The first kappa shape index (κ1) is 67.6. The van der Waals surface area contributed by atoms with Crippen molar-refractivity contribution in [1.82, 2.24) is 0 Å². The lowest BCUT2D eigenvalue weighted by molar-refractivity contribution is 0.272. The van der Waals surface area contributed by atoms with Crippen LogP contribution in [-0.4, -0.2) is 29.4 Å². The van der Waals surface area contributed by atoms with Gasteiger partial charge in [-0.05, 0) is 0 Å². The Morgan fingerprint density at radius 2 is 0.471 bits per heavy atom. The quantitative estimate of drug-likeness (QED) is 0.368. The van der Waals surface area contributed by atoms with Crippen molar-refractivity contribution in [3.05, 3.63) is 0 Å². The summed E-state index contributed by atoms with van der Waals surface area (Å²) in [5.74, 6) is 0. The van der Waals surface area contributed by atoms with Crippen molar-refractivity contribution in [3.8, 4) is 0 Å². The molecule has 0 aromatic rings. The van der Waals surface area contributed by atoms with E-state index in [2.05, 4.69) is 0 Å². The predicted octanol–water partition coefficient (Wildman–Crippen LogP) is 1.63. The molecule has 0 amide bonds. The zero-order valence-electron chi connectivity index (χ0n) is 5.21. The highest BCUT2D eigenvalue weighted by molar-refractivity contribution is 7.45. The van der Waals surface area contributed by atoms with E-state index in [1.54, 1.807) is 0 Å². The van der Waals surface area contributed by atoms with E-state index in [9.17, 15) is 0 Å². The maximum absolute atomic E-state index is 8.88. The molecule has 0 aliphatic rings. The van der Waals surface area contributed by atoms with Gasteiger partial charge in [0.15, 0.2) is 0 Å².